The number of H-pyrrole nitrogens is 1. The number of rotatable bonds is 2. The molecule has 1 nitrogen and oxygen atoms in total. The number of benzene rings is 1. The lowest BCUT2D eigenvalue weighted by molar-refractivity contribution is 1.14. The van der Waals surface area contributed by atoms with Gasteiger partial charge in [-0.15, -0.1) is 0 Å². The second kappa shape index (κ2) is 3.70. The lowest BCUT2D eigenvalue weighted by Crippen LogP contribution is -1.82. The second-order valence-electron chi connectivity index (χ2n) is 3.55. The Labute approximate surface area is 84.5 Å². The number of aryl methyl sites for hydroxylation is 1. The summed E-state index contributed by atoms with van der Waals surface area (Å²) >= 11 is 0. The molecule has 1 N–H and O–H groups in total. The molecule has 1 aromatic heterocycles. The van der Waals surface area contributed by atoms with Gasteiger partial charge in [0.25, 0.3) is 0 Å². The molecule has 0 spiro atoms. The Kier molecular flexibility index (Phi) is 2.40. The first-order chi connectivity index (χ1) is 6.83. The molecule has 2 aromatic rings. The van der Waals surface area contributed by atoms with E-state index in [0.717, 1.165) is 6.42 Å². The van der Waals surface area contributed by atoms with Gasteiger partial charge in [-0.05, 0) is 25.5 Å². The summed E-state index contributed by atoms with van der Waals surface area (Å²) in [5, 5.41) is 1.34. The molecule has 1 heteroatoms. The molecular weight excluding hydrogens is 170 g/mol. The van der Waals surface area contributed by atoms with Gasteiger partial charge in [0.1, 0.15) is 0 Å². The average molecular weight is 185 g/mol. The normalized spacial score (nSPS) is 11.6. The first kappa shape index (κ1) is 9.07. The Morgan fingerprint density at radius 2 is 2.07 bits per heavy atom. The number of nitrogens with one attached hydrogen (secondary N) is 1. The molecule has 0 atom stereocenters. The first-order valence-electron chi connectivity index (χ1n) is 5.00. The molecular formula is C13H15N. The van der Waals surface area contributed by atoms with Crippen molar-refractivity contribution in [1.82, 2.24) is 4.98 Å². The van der Waals surface area contributed by atoms with Gasteiger partial charge in [0, 0.05) is 23.0 Å². The molecule has 14 heavy (non-hydrogen) atoms. The molecule has 0 bridgehead atoms. The largest absolute Gasteiger partial charge is 0.358 e. The van der Waals surface area contributed by atoms with Crippen molar-refractivity contribution in [2.75, 3.05) is 0 Å². The van der Waals surface area contributed by atoms with Crippen molar-refractivity contribution in [3.8, 4) is 0 Å². The van der Waals surface area contributed by atoms with Crippen LogP contribution in [0.15, 0.2) is 36.4 Å². The molecule has 0 aliphatic carbocycles. The van der Waals surface area contributed by atoms with Gasteiger partial charge in [-0.3, -0.25) is 0 Å². The molecule has 0 amide bonds. The maximum Gasteiger partial charge on any atom is 0.0458 e. The SMILES string of the molecule is C/C=C/Cc1[nH]c2ccccc2c1C. The fourth-order valence-electron chi connectivity index (χ4n) is 1.78. The van der Waals surface area contributed by atoms with Gasteiger partial charge < -0.3 is 4.98 Å². The van der Waals surface area contributed by atoms with Crippen LogP contribution in [0.5, 0.6) is 0 Å². The minimum absolute atomic E-state index is 0.997. The molecule has 0 saturated heterocycles. The summed E-state index contributed by atoms with van der Waals surface area (Å²) in [6.07, 6.45) is 5.26. The summed E-state index contributed by atoms with van der Waals surface area (Å²) < 4.78 is 0. The molecule has 0 aliphatic rings. The summed E-state index contributed by atoms with van der Waals surface area (Å²) in [6.45, 7) is 4.23. The highest BCUT2D eigenvalue weighted by molar-refractivity contribution is 5.84. The van der Waals surface area contributed by atoms with Crippen LogP contribution < -0.4 is 0 Å². The molecule has 72 valence electrons. The van der Waals surface area contributed by atoms with Crippen LogP contribution in [0.2, 0.25) is 0 Å². The Morgan fingerprint density at radius 1 is 1.29 bits per heavy atom. The van der Waals surface area contributed by atoms with Crippen LogP contribution in [0.3, 0.4) is 0 Å². The number of aromatic nitrogens is 1. The summed E-state index contributed by atoms with van der Waals surface area (Å²) in [6, 6.07) is 8.45. The fraction of sp³-hybridized carbons (Fsp3) is 0.231. The van der Waals surface area contributed by atoms with Gasteiger partial charge in [0.15, 0.2) is 0 Å². The number of fused-ring (bicyclic) bond motifs is 1. The van der Waals surface area contributed by atoms with Gasteiger partial charge in [-0.2, -0.15) is 0 Å². The van der Waals surface area contributed by atoms with Crippen LogP contribution in [0.25, 0.3) is 10.9 Å². The minimum atomic E-state index is 0.997. The first-order valence-corrected chi connectivity index (χ1v) is 5.00. The van der Waals surface area contributed by atoms with Crippen LogP contribution >= 0.6 is 0 Å². The molecule has 1 aromatic carbocycles. The van der Waals surface area contributed by atoms with Crippen molar-refractivity contribution >= 4 is 10.9 Å². The monoisotopic (exact) mass is 185 g/mol. The third-order valence-electron chi connectivity index (χ3n) is 2.63. The van der Waals surface area contributed by atoms with Gasteiger partial charge in [0.05, 0.1) is 0 Å². The minimum Gasteiger partial charge on any atom is -0.358 e. The molecule has 0 aliphatic heterocycles. The van der Waals surface area contributed by atoms with E-state index in [1.807, 2.05) is 0 Å². The Balaban J connectivity index is 2.51. The number of para-hydroxylation sites is 1. The topological polar surface area (TPSA) is 15.8 Å². The van der Waals surface area contributed by atoms with E-state index >= 15 is 0 Å². The lowest BCUT2D eigenvalue weighted by atomic mass is 10.1. The smallest absolute Gasteiger partial charge is 0.0458 e. The van der Waals surface area contributed by atoms with Gasteiger partial charge in [0.2, 0.25) is 0 Å². The highest BCUT2D eigenvalue weighted by Gasteiger charge is 2.04. The summed E-state index contributed by atoms with van der Waals surface area (Å²) in [4.78, 5) is 3.45. The van der Waals surface area contributed by atoms with Crippen molar-refractivity contribution in [1.29, 1.82) is 0 Å². The zero-order chi connectivity index (χ0) is 9.97. The molecule has 0 saturated carbocycles. The van der Waals surface area contributed by atoms with Gasteiger partial charge in [-0.25, -0.2) is 0 Å². The van der Waals surface area contributed by atoms with Crippen LogP contribution in [0.4, 0.5) is 0 Å². The number of allylic oxidation sites excluding steroid dienone is 2. The van der Waals surface area contributed by atoms with E-state index in [1.54, 1.807) is 0 Å². The van der Waals surface area contributed by atoms with Crippen molar-refractivity contribution in [3.05, 3.63) is 47.7 Å². The maximum absolute atomic E-state index is 3.45. The molecule has 0 fully saturated rings. The van der Waals surface area contributed by atoms with Crippen LogP contribution in [0.1, 0.15) is 18.2 Å². The van der Waals surface area contributed by atoms with Gasteiger partial charge in [-0.1, -0.05) is 30.4 Å². The van der Waals surface area contributed by atoms with Crippen molar-refractivity contribution in [2.24, 2.45) is 0 Å². The summed E-state index contributed by atoms with van der Waals surface area (Å²) in [5.41, 5.74) is 3.94. The predicted octanol–water partition coefficient (Wildman–Crippen LogP) is 3.59. The lowest BCUT2D eigenvalue weighted by Gasteiger charge is -1.93. The molecule has 1 heterocycles. The van der Waals surface area contributed by atoms with Crippen LogP contribution in [0, 0.1) is 6.92 Å². The van der Waals surface area contributed by atoms with E-state index in [-0.39, 0.29) is 0 Å². The Morgan fingerprint density at radius 3 is 2.79 bits per heavy atom. The number of aromatic amines is 1. The van der Waals surface area contributed by atoms with E-state index < -0.39 is 0 Å². The third kappa shape index (κ3) is 1.46. The van der Waals surface area contributed by atoms with Crippen LogP contribution in [-0.2, 0) is 6.42 Å². The summed E-state index contributed by atoms with van der Waals surface area (Å²) in [5.74, 6) is 0. The zero-order valence-corrected chi connectivity index (χ0v) is 8.67. The highest BCUT2D eigenvalue weighted by atomic mass is 14.7. The van der Waals surface area contributed by atoms with Crippen molar-refractivity contribution < 1.29 is 0 Å². The van der Waals surface area contributed by atoms with E-state index in [2.05, 4.69) is 55.2 Å². The molecule has 0 unspecified atom stereocenters. The fourth-order valence-corrected chi connectivity index (χ4v) is 1.78. The number of hydrogen-bond donors (Lipinski definition) is 1. The third-order valence-corrected chi connectivity index (χ3v) is 2.63. The van der Waals surface area contributed by atoms with Crippen molar-refractivity contribution in [3.63, 3.8) is 0 Å². The molecule has 2 rings (SSSR count). The standard InChI is InChI=1S/C13H15N/c1-3-4-8-12-10(2)11-7-5-6-9-13(11)14-12/h3-7,9,14H,8H2,1-2H3/b4-3+. The number of hydrogen-bond acceptors (Lipinski definition) is 0. The Hall–Kier alpha value is -1.50. The van der Waals surface area contributed by atoms with Crippen molar-refractivity contribution in [2.45, 2.75) is 20.3 Å². The average Bonchev–Trinajstić information content (AvgIpc) is 2.54. The molecule has 0 radical (unpaired) electrons. The van der Waals surface area contributed by atoms with Gasteiger partial charge >= 0.3 is 0 Å². The zero-order valence-electron chi connectivity index (χ0n) is 8.67. The highest BCUT2D eigenvalue weighted by Crippen LogP contribution is 2.21. The second-order valence-corrected chi connectivity index (χ2v) is 3.55. The Bertz CT molecular complexity index is 463. The van der Waals surface area contributed by atoms with E-state index in [0.29, 0.717) is 0 Å². The summed E-state index contributed by atoms with van der Waals surface area (Å²) in [7, 11) is 0. The van der Waals surface area contributed by atoms with Crippen LogP contribution in [-0.4, -0.2) is 4.98 Å². The quantitative estimate of drug-likeness (QED) is 0.688. The maximum atomic E-state index is 3.45. The van der Waals surface area contributed by atoms with E-state index in [4.69, 9.17) is 0 Å². The van der Waals surface area contributed by atoms with E-state index in [1.165, 1.54) is 22.2 Å². The predicted molar refractivity (Wildman–Crippen MR) is 61.6 cm³/mol. The van der Waals surface area contributed by atoms with E-state index in [9.17, 15) is 0 Å².